The molecule has 6 nitrogen and oxygen atoms in total. The van der Waals surface area contributed by atoms with Crippen LogP contribution in [0.5, 0.6) is 5.75 Å². The third-order valence-corrected chi connectivity index (χ3v) is 8.64. The van der Waals surface area contributed by atoms with Gasteiger partial charge in [-0.2, -0.15) is 5.26 Å². The van der Waals surface area contributed by atoms with Gasteiger partial charge in [-0.05, 0) is 74.2 Å². The number of ether oxygens (including phenoxy) is 1. The molecule has 1 saturated heterocycles. The SMILES string of the molecule is COc1ccc(S(=O)(=O)c2ccc(N(C#N)C3CCN(C4CCCCC4)CC3)cc2)cc1. The van der Waals surface area contributed by atoms with Crippen molar-refractivity contribution in [3.8, 4) is 11.9 Å². The van der Waals surface area contributed by atoms with Gasteiger partial charge in [0, 0.05) is 25.2 Å². The second kappa shape index (κ2) is 9.93. The predicted molar refractivity (Wildman–Crippen MR) is 124 cm³/mol. The lowest BCUT2D eigenvalue weighted by Crippen LogP contribution is -2.47. The average Bonchev–Trinajstić information content (AvgIpc) is 2.86. The van der Waals surface area contributed by atoms with Crippen LogP contribution in [-0.4, -0.2) is 45.6 Å². The zero-order valence-electron chi connectivity index (χ0n) is 18.6. The van der Waals surface area contributed by atoms with Crippen molar-refractivity contribution >= 4 is 15.5 Å². The second-order valence-electron chi connectivity index (χ2n) is 8.70. The summed E-state index contributed by atoms with van der Waals surface area (Å²) in [6, 6.07) is 13.9. The van der Waals surface area contributed by atoms with E-state index in [9.17, 15) is 13.7 Å². The Kier molecular flexibility index (Phi) is 7.02. The molecule has 0 atom stereocenters. The standard InChI is InChI=1S/C25H31N3O3S/c1-31-23-9-13-25(14-10-23)32(29,30)24-11-7-21(8-12-24)28(19-26)22-15-17-27(18-16-22)20-5-3-2-4-6-20/h7-14,20,22H,2-6,15-18H2,1H3. The molecule has 2 aromatic rings. The zero-order valence-corrected chi connectivity index (χ0v) is 19.4. The molecule has 0 amide bonds. The van der Waals surface area contributed by atoms with Gasteiger partial charge < -0.3 is 9.64 Å². The summed E-state index contributed by atoms with van der Waals surface area (Å²) >= 11 is 0. The number of hydrogen-bond acceptors (Lipinski definition) is 6. The van der Waals surface area contributed by atoms with E-state index >= 15 is 0 Å². The number of anilines is 1. The van der Waals surface area contributed by atoms with Gasteiger partial charge in [-0.25, -0.2) is 8.42 Å². The Labute approximate surface area is 191 Å². The van der Waals surface area contributed by atoms with Crippen LogP contribution in [0.3, 0.4) is 0 Å². The summed E-state index contributed by atoms with van der Waals surface area (Å²) in [6.45, 7) is 2.05. The van der Waals surface area contributed by atoms with Gasteiger partial charge in [0.25, 0.3) is 0 Å². The van der Waals surface area contributed by atoms with Gasteiger partial charge in [-0.1, -0.05) is 19.3 Å². The Bertz CT molecular complexity index is 1030. The van der Waals surface area contributed by atoms with E-state index in [-0.39, 0.29) is 15.8 Å². The lowest BCUT2D eigenvalue weighted by Gasteiger charge is -2.41. The number of benzene rings is 2. The quantitative estimate of drug-likeness (QED) is 0.470. The predicted octanol–water partition coefficient (Wildman–Crippen LogP) is 4.61. The summed E-state index contributed by atoms with van der Waals surface area (Å²) in [4.78, 5) is 4.80. The molecule has 7 heteroatoms. The van der Waals surface area contributed by atoms with E-state index < -0.39 is 9.84 Å². The summed E-state index contributed by atoms with van der Waals surface area (Å²) in [5, 5.41) is 9.84. The van der Waals surface area contributed by atoms with Crippen LogP contribution in [-0.2, 0) is 9.84 Å². The third-order valence-electron chi connectivity index (χ3n) is 6.86. The van der Waals surface area contributed by atoms with E-state index in [1.54, 1.807) is 60.5 Å². The Hall–Kier alpha value is -2.56. The fourth-order valence-corrected chi connectivity index (χ4v) is 6.24. The average molecular weight is 454 g/mol. The van der Waals surface area contributed by atoms with Crippen LogP contribution in [0.4, 0.5) is 5.69 Å². The molecular weight excluding hydrogens is 422 g/mol. The second-order valence-corrected chi connectivity index (χ2v) is 10.7. The Morgan fingerprint density at radius 1 is 0.906 bits per heavy atom. The Balaban J connectivity index is 1.43. The van der Waals surface area contributed by atoms with Gasteiger partial charge in [0.1, 0.15) is 5.75 Å². The van der Waals surface area contributed by atoms with Gasteiger partial charge in [0.05, 0.1) is 22.6 Å². The van der Waals surface area contributed by atoms with E-state index in [1.807, 2.05) is 0 Å². The van der Waals surface area contributed by atoms with Gasteiger partial charge in [0.15, 0.2) is 6.19 Å². The number of sulfone groups is 1. The molecule has 0 spiro atoms. The van der Waals surface area contributed by atoms with Gasteiger partial charge >= 0.3 is 0 Å². The monoisotopic (exact) mass is 453 g/mol. The minimum Gasteiger partial charge on any atom is -0.497 e. The maximum Gasteiger partial charge on any atom is 0.206 e. The Morgan fingerprint density at radius 2 is 1.47 bits per heavy atom. The van der Waals surface area contributed by atoms with Gasteiger partial charge in [-0.15, -0.1) is 0 Å². The molecule has 1 aliphatic carbocycles. The fraction of sp³-hybridized carbons (Fsp3) is 0.480. The zero-order chi connectivity index (χ0) is 22.6. The van der Waals surface area contributed by atoms with Crippen molar-refractivity contribution in [2.24, 2.45) is 0 Å². The first-order valence-corrected chi connectivity index (χ1v) is 12.9. The summed E-state index contributed by atoms with van der Waals surface area (Å²) in [6.07, 6.45) is 10.9. The van der Waals surface area contributed by atoms with E-state index in [0.29, 0.717) is 11.8 Å². The number of hydrogen-bond donors (Lipinski definition) is 0. The smallest absolute Gasteiger partial charge is 0.206 e. The number of methoxy groups -OCH3 is 1. The molecule has 1 saturated carbocycles. The first-order chi connectivity index (χ1) is 15.5. The largest absolute Gasteiger partial charge is 0.497 e. The lowest BCUT2D eigenvalue weighted by molar-refractivity contribution is 0.123. The molecule has 1 aliphatic heterocycles. The molecule has 2 aromatic carbocycles. The van der Waals surface area contributed by atoms with Crippen molar-refractivity contribution in [2.75, 3.05) is 25.1 Å². The van der Waals surface area contributed by atoms with Crippen LogP contribution in [0, 0.1) is 11.5 Å². The van der Waals surface area contributed by atoms with E-state index in [1.165, 1.54) is 32.1 Å². The fourth-order valence-electron chi connectivity index (χ4n) is 4.98. The highest BCUT2D eigenvalue weighted by atomic mass is 32.2. The third kappa shape index (κ3) is 4.77. The van der Waals surface area contributed by atoms with Crippen molar-refractivity contribution < 1.29 is 13.2 Å². The summed E-state index contributed by atoms with van der Waals surface area (Å²) < 4.78 is 31.0. The summed E-state index contributed by atoms with van der Waals surface area (Å²) in [5.41, 5.74) is 0.747. The van der Waals surface area contributed by atoms with Crippen LogP contribution >= 0.6 is 0 Å². The molecule has 32 heavy (non-hydrogen) atoms. The molecule has 1 heterocycles. The van der Waals surface area contributed by atoms with Crippen molar-refractivity contribution in [3.05, 3.63) is 48.5 Å². The van der Waals surface area contributed by atoms with Crippen molar-refractivity contribution in [3.63, 3.8) is 0 Å². The molecular formula is C25H31N3O3S. The highest BCUT2D eigenvalue weighted by Gasteiger charge is 2.29. The van der Waals surface area contributed by atoms with Crippen LogP contribution in [0.15, 0.2) is 58.3 Å². The van der Waals surface area contributed by atoms with Crippen LogP contribution in [0.2, 0.25) is 0 Å². The highest BCUT2D eigenvalue weighted by Crippen LogP contribution is 2.30. The number of likely N-dealkylation sites (tertiary alicyclic amines) is 1. The number of rotatable bonds is 6. The molecule has 0 aromatic heterocycles. The van der Waals surface area contributed by atoms with Gasteiger partial charge in [0.2, 0.25) is 9.84 Å². The minimum absolute atomic E-state index is 0.156. The number of nitriles is 1. The lowest BCUT2D eigenvalue weighted by atomic mass is 9.92. The minimum atomic E-state index is -3.62. The topological polar surface area (TPSA) is 73.6 Å². The summed E-state index contributed by atoms with van der Waals surface area (Å²) in [7, 11) is -2.08. The van der Waals surface area contributed by atoms with Crippen LogP contribution in [0.1, 0.15) is 44.9 Å². The van der Waals surface area contributed by atoms with Gasteiger partial charge in [-0.3, -0.25) is 4.90 Å². The maximum absolute atomic E-state index is 12.9. The number of piperidine rings is 1. The first kappa shape index (κ1) is 22.6. The molecule has 0 bridgehead atoms. The molecule has 0 radical (unpaired) electrons. The van der Waals surface area contributed by atoms with Crippen molar-refractivity contribution in [1.82, 2.24) is 4.90 Å². The molecule has 0 unspecified atom stereocenters. The highest BCUT2D eigenvalue weighted by molar-refractivity contribution is 7.91. The molecule has 170 valence electrons. The van der Waals surface area contributed by atoms with Crippen molar-refractivity contribution in [2.45, 2.75) is 66.8 Å². The van der Waals surface area contributed by atoms with Crippen molar-refractivity contribution in [1.29, 1.82) is 5.26 Å². The molecule has 0 N–H and O–H groups in total. The number of nitrogens with zero attached hydrogens (tertiary/aromatic N) is 3. The van der Waals surface area contributed by atoms with E-state index in [2.05, 4.69) is 11.1 Å². The van der Waals surface area contributed by atoms with Crippen LogP contribution in [0.25, 0.3) is 0 Å². The first-order valence-electron chi connectivity index (χ1n) is 11.4. The molecule has 2 fully saturated rings. The molecule has 4 rings (SSSR count). The molecule has 2 aliphatic rings. The maximum atomic E-state index is 12.9. The Morgan fingerprint density at radius 3 is 2.00 bits per heavy atom. The normalized spacial score (nSPS) is 18.8. The van der Waals surface area contributed by atoms with E-state index in [0.717, 1.165) is 31.6 Å². The summed E-state index contributed by atoms with van der Waals surface area (Å²) in [5.74, 6) is 0.610. The van der Waals surface area contributed by atoms with Crippen LogP contribution < -0.4 is 9.64 Å². The van der Waals surface area contributed by atoms with E-state index in [4.69, 9.17) is 4.74 Å².